The van der Waals surface area contributed by atoms with E-state index in [9.17, 15) is 4.79 Å². The van der Waals surface area contributed by atoms with Crippen LogP contribution < -0.4 is 0 Å². The van der Waals surface area contributed by atoms with Gasteiger partial charge in [-0.1, -0.05) is 42.5 Å². The standard InChI is InChI=1S/C12H12Cl2O/c13-9-4-5-11(14)10(7-9)12(15)6-8-2-1-3-8/h4-5,7-8H,1-3,6H2. The van der Waals surface area contributed by atoms with E-state index < -0.39 is 0 Å². The molecule has 1 fully saturated rings. The van der Waals surface area contributed by atoms with Gasteiger partial charge in [0.1, 0.15) is 0 Å². The largest absolute Gasteiger partial charge is 0.294 e. The van der Waals surface area contributed by atoms with Gasteiger partial charge in [-0.05, 0) is 24.1 Å². The fraction of sp³-hybridized carbons (Fsp3) is 0.417. The van der Waals surface area contributed by atoms with Gasteiger partial charge in [0.25, 0.3) is 0 Å². The van der Waals surface area contributed by atoms with Crippen LogP contribution in [-0.4, -0.2) is 5.78 Å². The molecule has 0 saturated heterocycles. The summed E-state index contributed by atoms with van der Waals surface area (Å²) in [5.74, 6) is 0.680. The molecule has 1 aliphatic rings. The summed E-state index contributed by atoms with van der Waals surface area (Å²) in [5.41, 5.74) is 0.566. The monoisotopic (exact) mass is 242 g/mol. The molecule has 1 aliphatic carbocycles. The van der Waals surface area contributed by atoms with E-state index in [-0.39, 0.29) is 5.78 Å². The van der Waals surface area contributed by atoms with Crippen molar-refractivity contribution in [3.63, 3.8) is 0 Å². The summed E-state index contributed by atoms with van der Waals surface area (Å²) in [4.78, 5) is 11.9. The van der Waals surface area contributed by atoms with Crippen LogP contribution in [-0.2, 0) is 0 Å². The van der Waals surface area contributed by atoms with Gasteiger partial charge in [-0.15, -0.1) is 0 Å². The number of Topliss-reactive ketones (excluding diaryl/α,β-unsaturated/α-hetero) is 1. The molecule has 0 radical (unpaired) electrons. The molecule has 1 aromatic rings. The zero-order chi connectivity index (χ0) is 10.8. The van der Waals surface area contributed by atoms with Crippen LogP contribution in [0.3, 0.4) is 0 Å². The highest BCUT2D eigenvalue weighted by atomic mass is 35.5. The number of carbonyl (C=O) groups excluding carboxylic acids is 1. The minimum atomic E-state index is 0.118. The van der Waals surface area contributed by atoms with Gasteiger partial charge in [-0.3, -0.25) is 4.79 Å². The molecular formula is C12H12Cl2O. The van der Waals surface area contributed by atoms with E-state index in [4.69, 9.17) is 23.2 Å². The van der Waals surface area contributed by atoms with Crippen LogP contribution in [0.25, 0.3) is 0 Å². The van der Waals surface area contributed by atoms with Gasteiger partial charge in [-0.2, -0.15) is 0 Å². The Labute approximate surface area is 99.4 Å². The molecule has 1 saturated carbocycles. The Morgan fingerprint density at radius 1 is 1.33 bits per heavy atom. The summed E-state index contributed by atoms with van der Waals surface area (Å²) in [6.45, 7) is 0. The van der Waals surface area contributed by atoms with Crippen molar-refractivity contribution in [1.82, 2.24) is 0 Å². The van der Waals surface area contributed by atoms with Crippen molar-refractivity contribution >= 4 is 29.0 Å². The first kappa shape index (κ1) is 11.0. The number of benzene rings is 1. The first-order valence-corrected chi connectivity index (χ1v) is 5.90. The van der Waals surface area contributed by atoms with Gasteiger partial charge < -0.3 is 0 Å². The van der Waals surface area contributed by atoms with Gasteiger partial charge in [0, 0.05) is 17.0 Å². The highest BCUT2D eigenvalue weighted by molar-refractivity contribution is 6.35. The van der Waals surface area contributed by atoms with E-state index in [1.807, 2.05) is 0 Å². The summed E-state index contributed by atoms with van der Waals surface area (Å²) in [6.07, 6.45) is 4.20. The SMILES string of the molecule is O=C(CC1CCC1)c1cc(Cl)ccc1Cl. The van der Waals surface area contributed by atoms with Crippen LogP contribution in [0.4, 0.5) is 0 Å². The second-order valence-electron chi connectivity index (χ2n) is 4.05. The molecule has 1 aromatic carbocycles. The predicted molar refractivity (Wildman–Crippen MR) is 62.8 cm³/mol. The van der Waals surface area contributed by atoms with Crippen molar-refractivity contribution in [2.45, 2.75) is 25.7 Å². The molecule has 0 spiro atoms. The maximum absolute atomic E-state index is 11.9. The third-order valence-electron chi connectivity index (χ3n) is 2.93. The second-order valence-corrected chi connectivity index (χ2v) is 4.89. The quantitative estimate of drug-likeness (QED) is 0.720. The number of rotatable bonds is 3. The van der Waals surface area contributed by atoms with Gasteiger partial charge in [0.2, 0.25) is 0 Å². The summed E-state index contributed by atoms with van der Waals surface area (Å²) >= 11 is 11.8. The lowest BCUT2D eigenvalue weighted by atomic mass is 9.81. The molecule has 1 nitrogen and oxygen atoms in total. The zero-order valence-corrected chi connectivity index (χ0v) is 9.81. The molecule has 0 atom stereocenters. The normalized spacial score (nSPS) is 16.1. The Bertz CT molecular complexity index is 383. The molecule has 80 valence electrons. The van der Waals surface area contributed by atoms with Crippen molar-refractivity contribution in [3.05, 3.63) is 33.8 Å². The molecule has 0 amide bonds. The number of hydrogen-bond donors (Lipinski definition) is 0. The zero-order valence-electron chi connectivity index (χ0n) is 8.30. The van der Waals surface area contributed by atoms with E-state index in [0.29, 0.717) is 27.9 Å². The average Bonchev–Trinajstić information content (AvgIpc) is 2.15. The van der Waals surface area contributed by atoms with Crippen molar-refractivity contribution in [1.29, 1.82) is 0 Å². The van der Waals surface area contributed by atoms with E-state index >= 15 is 0 Å². The lowest BCUT2D eigenvalue weighted by Crippen LogP contribution is -2.16. The van der Waals surface area contributed by atoms with E-state index in [0.717, 1.165) is 0 Å². The molecule has 2 rings (SSSR count). The highest BCUT2D eigenvalue weighted by Gasteiger charge is 2.22. The maximum atomic E-state index is 11.9. The van der Waals surface area contributed by atoms with Crippen LogP contribution >= 0.6 is 23.2 Å². The molecular weight excluding hydrogens is 231 g/mol. The number of carbonyl (C=O) groups is 1. The molecule has 0 unspecified atom stereocenters. The predicted octanol–water partition coefficient (Wildman–Crippen LogP) is 4.37. The smallest absolute Gasteiger partial charge is 0.164 e. The third kappa shape index (κ3) is 2.53. The lowest BCUT2D eigenvalue weighted by molar-refractivity contribution is 0.0936. The lowest BCUT2D eigenvalue weighted by Gasteiger charge is -2.24. The maximum Gasteiger partial charge on any atom is 0.164 e. The van der Waals surface area contributed by atoms with Crippen LogP contribution in [0.15, 0.2) is 18.2 Å². The molecule has 0 N–H and O–H groups in total. The van der Waals surface area contributed by atoms with Crippen molar-refractivity contribution in [2.24, 2.45) is 5.92 Å². The average molecular weight is 243 g/mol. The van der Waals surface area contributed by atoms with Crippen molar-refractivity contribution in [3.8, 4) is 0 Å². The Hall–Kier alpha value is -0.530. The highest BCUT2D eigenvalue weighted by Crippen LogP contribution is 2.32. The number of ketones is 1. The van der Waals surface area contributed by atoms with Gasteiger partial charge in [0.15, 0.2) is 5.78 Å². The van der Waals surface area contributed by atoms with Crippen LogP contribution in [0, 0.1) is 5.92 Å². The van der Waals surface area contributed by atoms with Crippen molar-refractivity contribution in [2.75, 3.05) is 0 Å². The Morgan fingerprint density at radius 3 is 2.67 bits per heavy atom. The summed E-state index contributed by atoms with van der Waals surface area (Å²) < 4.78 is 0. The topological polar surface area (TPSA) is 17.1 Å². The Morgan fingerprint density at radius 2 is 2.07 bits per heavy atom. The molecule has 0 aliphatic heterocycles. The second kappa shape index (κ2) is 4.54. The fourth-order valence-electron chi connectivity index (χ4n) is 1.78. The van der Waals surface area contributed by atoms with Gasteiger partial charge in [0.05, 0.1) is 5.02 Å². The molecule has 15 heavy (non-hydrogen) atoms. The number of hydrogen-bond acceptors (Lipinski definition) is 1. The summed E-state index contributed by atoms with van der Waals surface area (Å²) in [6, 6.07) is 5.03. The van der Waals surface area contributed by atoms with Gasteiger partial charge >= 0.3 is 0 Å². The minimum Gasteiger partial charge on any atom is -0.294 e. The van der Waals surface area contributed by atoms with E-state index in [1.54, 1.807) is 18.2 Å². The number of halogens is 2. The van der Waals surface area contributed by atoms with Crippen LogP contribution in [0.2, 0.25) is 10.0 Å². The fourth-order valence-corrected chi connectivity index (χ4v) is 2.18. The van der Waals surface area contributed by atoms with E-state index in [1.165, 1.54) is 19.3 Å². The van der Waals surface area contributed by atoms with Crippen LogP contribution in [0.5, 0.6) is 0 Å². The molecule has 0 bridgehead atoms. The van der Waals surface area contributed by atoms with E-state index in [2.05, 4.69) is 0 Å². The minimum absolute atomic E-state index is 0.118. The van der Waals surface area contributed by atoms with Crippen molar-refractivity contribution < 1.29 is 4.79 Å². The third-order valence-corrected chi connectivity index (χ3v) is 3.49. The summed E-state index contributed by atoms with van der Waals surface area (Å²) in [5, 5.41) is 1.07. The molecule has 0 heterocycles. The first-order chi connectivity index (χ1) is 7.16. The summed E-state index contributed by atoms with van der Waals surface area (Å²) in [7, 11) is 0. The first-order valence-electron chi connectivity index (χ1n) is 5.15. The van der Waals surface area contributed by atoms with Crippen LogP contribution in [0.1, 0.15) is 36.0 Å². The van der Waals surface area contributed by atoms with Gasteiger partial charge in [-0.25, -0.2) is 0 Å². The Kier molecular flexibility index (Phi) is 3.32. The molecule has 0 aromatic heterocycles. The molecule has 3 heteroatoms. The Balaban J connectivity index is 2.12.